The molecule has 0 spiro atoms. The summed E-state index contributed by atoms with van der Waals surface area (Å²) < 4.78 is 0. The molecule has 0 saturated carbocycles. The lowest BCUT2D eigenvalue weighted by molar-refractivity contribution is 1.16. The fraction of sp³-hybridized carbons (Fsp3) is 0.200. The topological polar surface area (TPSA) is 50.7 Å². The molecule has 1 aliphatic heterocycles. The highest BCUT2D eigenvalue weighted by Gasteiger charge is 2.03. The summed E-state index contributed by atoms with van der Waals surface area (Å²) in [6.45, 7) is 5.71. The van der Waals surface area contributed by atoms with Gasteiger partial charge in [-0.25, -0.2) is 0 Å². The molecule has 13 heavy (non-hydrogen) atoms. The maximum atomic E-state index is 5.65. The van der Waals surface area contributed by atoms with E-state index >= 15 is 0 Å². The normalized spacial score (nSPS) is 20.8. The Morgan fingerprint density at radius 3 is 3.15 bits per heavy atom. The molecule has 1 heterocycles. The molecule has 0 aliphatic carbocycles. The average Bonchev–Trinajstić information content (AvgIpc) is 2.26. The van der Waals surface area contributed by atoms with E-state index in [2.05, 4.69) is 16.6 Å². The van der Waals surface area contributed by atoms with E-state index in [4.69, 9.17) is 5.73 Å². The number of hydrogen-bond acceptors (Lipinski definition) is 3. The lowest BCUT2D eigenvalue weighted by Gasteiger charge is -2.01. The lowest BCUT2D eigenvalue weighted by Crippen LogP contribution is -1.99. The molecule has 3 nitrogen and oxygen atoms in total. The van der Waals surface area contributed by atoms with Crippen LogP contribution in [0.3, 0.4) is 0 Å². The predicted molar refractivity (Wildman–Crippen MR) is 56.8 cm³/mol. The Balaban J connectivity index is 2.81. The molecule has 0 saturated heterocycles. The molecule has 68 valence electrons. The number of nitrogens with zero attached hydrogens (tertiary/aromatic N) is 2. The van der Waals surface area contributed by atoms with E-state index in [1.807, 2.05) is 6.92 Å². The molecule has 3 heteroatoms. The summed E-state index contributed by atoms with van der Waals surface area (Å²) >= 11 is 0. The van der Waals surface area contributed by atoms with Crippen molar-refractivity contribution in [2.45, 2.75) is 13.3 Å². The van der Waals surface area contributed by atoms with Crippen molar-refractivity contribution in [1.82, 2.24) is 0 Å². The summed E-state index contributed by atoms with van der Waals surface area (Å²) in [6, 6.07) is 0. The van der Waals surface area contributed by atoms with Gasteiger partial charge in [0.2, 0.25) is 0 Å². The van der Waals surface area contributed by atoms with Gasteiger partial charge in [-0.2, -0.15) is 0 Å². The van der Waals surface area contributed by atoms with Crippen molar-refractivity contribution in [3.8, 4) is 0 Å². The van der Waals surface area contributed by atoms with Gasteiger partial charge in [0.05, 0.1) is 11.9 Å². The van der Waals surface area contributed by atoms with E-state index in [1.54, 1.807) is 24.8 Å². The van der Waals surface area contributed by atoms with E-state index < -0.39 is 0 Å². The molecule has 0 aromatic carbocycles. The van der Waals surface area contributed by atoms with Crippen LogP contribution < -0.4 is 5.73 Å². The zero-order valence-corrected chi connectivity index (χ0v) is 7.70. The van der Waals surface area contributed by atoms with Gasteiger partial charge in [-0.05, 0) is 18.1 Å². The van der Waals surface area contributed by atoms with Crippen LogP contribution >= 0.6 is 0 Å². The van der Waals surface area contributed by atoms with Gasteiger partial charge in [0, 0.05) is 25.0 Å². The van der Waals surface area contributed by atoms with Crippen molar-refractivity contribution < 1.29 is 0 Å². The standard InChI is InChI=1S/C10H13N3/c1-3-12-5-9-4-8(2)10(11)7-13-6-9/h3,5-7H,2,4,11H2,1H3/b9-5+,12-3?. The zero-order chi connectivity index (χ0) is 9.68. The van der Waals surface area contributed by atoms with Gasteiger partial charge in [0.15, 0.2) is 0 Å². The number of nitrogens with two attached hydrogens (primary N) is 1. The van der Waals surface area contributed by atoms with E-state index in [0.29, 0.717) is 12.1 Å². The van der Waals surface area contributed by atoms with Crippen molar-refractivity contribution in [3.05, 3.63) is 35.8 Å². The first kappa shape index (κ1) is 9.45. The van der Waals surface area contributed by atoms with Gasteiger partial charge in [-0.3, -0.25) is 9.98 Å². The Kier molecular flexibility index (Phi) is 3.20. The van der Waals surface area contributed by atoms with Gasteiger partial charge in [-0.15, -0.1) is 0 Å². The monoisotopic (exact) mass is 175 g/mol. The van der Waals surface area contributed by atoms with Gasteiger partial charge in [0.25, 0.3) is 0 Å². The Bertz CT molecular complexity index is 319. The molecule has 0 unspecified atom stereocenters. The van der Waals surface area contributed by atoms with Crippen molar-refractivity contribution in [2.24, 2.45) is 15.7 Å². The summed E-state index contributed by atoms with van der Waals surface area (Å²) in [5.41, 5.74) is 8.19. The van der Waals surface area contributed by atoms with Gasteiger partial charge < -0.3 is 5.73 Å². The zero-order valence-electron chi connectivity index (χ0n) is 7.70. The van der Waals surface area contributed by atoms with Crippen LogP contribution in [0.2, 0.25) is 0 Å². The highest BCUT2D eigenvalue weighted by Crippen LogP contribution is 2.15. The molecular formula is C10H13N3. The third kappa shape index (κ3) is 2.71. The van der Waals surface area contributed by atoms with E-state index in [-0.39, 0.29) is 0 Å². The first-order valence-electron chi connectivity index (χ1n) is 4.08. The summed E-state index contributed by atoms with van der Waals surface area (Å²) in [6.07, 6.45) is 7.56. The van der Waals surface area contributed by atoms with E-state index in [0.717, 1.165) is 11.1 Å². The number of allylic oxidation sites excluding steroid dienone is 2. The second-order valence-electron chi connectivity index (χ2n) is 2.75. The third-order valence-electron chi connectivity index (χ3n) is 1.67. The van der Waals surface area contributed by atoms with Crippen molar-refractivity contribution in [2.75, 3.05) is 0 Å². The summed E-state index contributed by atoms with van der Waals surface area (Å²) in [5, 5.41) is 0. The Morgan fingerprint density at radius 1 is 1.69 bits per heavy atom. The van der Waals surface area contributed by atoms with Crippen LogP contribution in [0.15, 0.2) is 45.8 Å². The molecule has 1 aliphatic rings. The fourth-order valence-corrected chi connectivity index (χ4v) is 0.948. The molecule has 0 aromatic rings. The number of rotatable bonds is 1. The second kappa shape index (κ2) is 4.40. The first-order chi connectivity index (χ1) is 6.24. The first-order valence-corrected chi connectivity index (χ1v) is 4.08. The second-order valence-corrected chi connectivity index (χ2v) is 2.75. The van der Waals surface area contributed by atoms with Crippen molar-refractivity contribution in [1.29, 1.82) is 0 Å². The van der Waals surface area contributed by atoms with Gasteiger partial charge in [-0.1, -0.05) is 6.58 Å². The molecule has 0 radical (unpaired) electrons. The third-order valence-corrected chi connectivity index (χ3v) is 1.67. The lowest BCUT2D eigenvalue weighted by atomic mass is 10.1. The Hall–Kier alpha value is -1.64. The van der Waals surface area contributed by atoms with Crippen LogP contribution in [0.4, 0.5) is 0 Å². The SMILES string of the molecule is C=C1C/C(=C\N=CC)C=NC=C1N. The summed E-state index contributed by atoms with van der Waals surface area (Å²) in [7, 11) is 0. The molecule has 0 amide bonds. The van der Waals surface area contributed by atoms with Crippen LogP contribution in [0.1, 0.15) is 13.3 Å². The molecule has 1 rings (SSSR count). The molecule has 0 bridgehead atoms. The minimum absolute atomic E-state index is 0.639. The van der Waals surface area contributed by atoms with Crippen LogP contribution in [-0.2, 0) is 0 Å². The Labute approximate surface area is 78.1 Å². The van der Waals surface area contributed by atoms with Crippen molar-refractivity contribution in [3.63, 3.8) is 0 Å². The van der Waals surface area contributed by atoms with E-state index in [1.165, 1.54) is 0 Å². The molecule has 0 fully saturated rings. The van der Waals surface area contributed by atoms with Crippen LogP contribution in [0.25, 0.3) is 0 Å². The molecule has 0 aromatic heterocycles. The van der Waals surface area contributed by atoms with Crippen LogP contribution in [0.5, 0.6) is 0 Å². The number of aliphatic imine (C=N–C) groups is 2. The average molecular weight is 175 g/mol. The predicted octanol–water partition coefficient (Wildman–Crippen LogP) is 1.79. The molecule has 0 atom stereocenters. The molecule has 2 N–H and O–H groups in total. The number of hydrogen-bond donors (Lipinski definition) is 1. The smallest absolute Gasteiger partial charge is 0.0530 e. The Morgan fingerprint density at radius 2 is 2.46 bits per heavy atom. The summed E-state index contributed by atoms with van der Waals surface area (Å²) in [4.78, 5) is 8.03. The van der Waals surface area contributed by atoms with Gasteiger partial charge >= 0.3 is 0 Å². The maximum absolute atomic E-state index is 5.65. The summed E-state index contributed by atoms with van der Waals surface area (Å²) in [5.74, 6) is 0. The van der Waals surface area contributed by atoms with Crippen LogP contribution in [0, 0.1) is 0 Å². The molecular weight excluding hydrogens is 162 g/mol. The quantitative estimate of drug-likeness (QED) is 0.607. The van der Waals surface area contributed by atoms with Crippen LogP contribution in [-0.4, -0.2) is 12.4 Å². The highest BCUT2D eigenvalue weighted by atomic mass is 14.7. The van der Waals surface area contributed by atoms with Crippen molar-refractivity contribution >= 4 is 12.4 Å². The largest absolute Gasteiger partial charge is 0.397 e. The minimum atomic E-state index is 0.639. The fourth-order valence-electron chi connectivity index (χ4n) is 0.948. The van der Waals surface area contributed by atoms with Gasteiger partial charge in [0.1, 0.15) is 0 Å². The van der Waals surface area contributed by atoms with E-state index in [9.17, 15) is 0 Å². The highest BCUT2D eigenvalue weighted by molar-refractivity contribution is 5.81. The minimum Gasteiger partial charge on any atom is -0.397 e. The maximum Gasteiger partial charge on any atom is 0.0530 e.